The maximum atomic E-state index is 13.7. The van der Waals surface area contributed by atoms with Gasteiger partial charge in [0.1, 0.15) is 0 Å². The molecule has 2 aliphatic heterocycles. The lowest BCUT2D eigenvalue weighted by atomic mass is 10.0. The zero-order valence-corrected chi connectivity index (χ0v) is 22.8. The highest BCUT2D eigenvalue weighted by atomic mass is 32.2. The first-order chi connectivity index (χ1) is 18.5. The third-order valence-electron chi connectivity index (χ3n) is 7.86. The van der Waals surface area contributed by atoms with Crippen LogP contribution in [-0.4, -0.2) is 46.9 Å². The largest absolute Gasteiger partial charge is 0.358 e. The molecule has 1 aromatic heterocycles. The van der Waals surface area contributed by atoms with Crippen LogP contribution in [-0.2, 0) is 10.5 Å². The van der Waals surface area contributed by atoms with E-state index in [2.05, 4.69) is 52.0 Å². The number of amides is 2. The van der Waals surface area contributed by atoms with Gasteiger partial charge in [-0.25, -0.2) is 0 Å². The summed E-state index contributed by atoms with van der Waals surface area (Å²) in [5.41, 5.74) is 6.92. The molecule has 6 rings (SSSR count). The number of hydrogen-bond acceptors (Lipinski definition) is 4. The van der Waals surface area contributed by atoms with Gasteiger partial charge in [-0.2, -0.15) is 0 Å². The Kier molecular flexibility index (Phi) is 6.89. The van der Waals surface area contributed by atoms with Crippen molar-refractivity contribution in [3.05, 3.63) is 82.2 Å². The number of aromatic nitrogens is 1. The lowest BCUT2D eigenvalue weighted by Crippen LogP contribution is -2.42. The molecule has 1 atom stereocenters. The van der Waals surface area contributed by atoms with Gasteiger partial charge in [0.2, 0.25) is 0 Å². The van der Waals surface area contributed by atoms with Crippen LogP contribution in [0.4, 0.5) is 5.69 Å². The van der Waals surface area contributed by atoms with Crippen molar-refractivity contribution >= 4 is 40.9 Å². The molecule has 2 fully saturated rings. The maximum absolute atomic E-state index is 13.7. The number of thioether (sulfide) groups is 1. The van der Waals surface area contributed by atoms with Crippen molar-refractivity contribution in [1.29, 1.82) is 0 Å². The number of aryl methyl sites for hydroxylation is 1. The number of anilines is 1. The lowest BCUT2D eigenvalue weighted by molar-refractivity contribution is -0.110. The van der Waals surface area contributed by atoms with Gasteiger partial charge in [-0.3, -0.25) is 9.59 Å². The summed E-state index contributed by atoms with van der Waals surface area (Å²) in [6.07, 6.45) is 6.50. The minimum absolute atomic E-state index is 0.0943. The smallest absolute Gasteiger partial charge is 0.256 e. The summed E-state index contributed by atoms with van der Waals surface area (Å²) in [5.74, 6) is 0.848. The van der Waals surface area contributed by atoms with E-state index in [1.165, 1.54) is 18.4 Å². The van der Waals surface area contributed by atoms with Crippen LogP contribution in [0.2, 0.25) is 0 Å². The number of hydrogen-bond donors (Lipinski definition) is 3. The van der Waals surface area contributed by atoms with Crippen molar-refractivity contribution in [2.24, 2.45) is 0 Å². The summed E-state index contributed by atoms with van der Waals surface area (Å²) in [5, 5.41) is 6.60. The van der Waals surface area contributed by atoms with Gasteiger partial charge in [-0.1, -0.05) is 30.3 Å². The van der Waals surface area contributed by atoms with E-state index in [1.807, 2.05) is 37.0 Å². The summed E-state index contributed by atoms with van der Waals surface area (Å²) in [6, 6.07) is 17.4. The molecule has 7 heteroatoms. The highest BCUT2D eigenvalue weighted by Gasteiger charge is 2.33. The van der Waals surface area contributed by atoms with Gasteiger partial charge in [0.05, 0.1) is 11.1 Å². The maximum Gasteiger partial charge on any atom is 0.256 e. The molecular formula is C31H34N4O2S. The highest BCUT2D eigenvalue weighted by molar-refractivity contribution is 7.98. The average molecular weight is 527 g/mol. The van der Waals surface area contributed by atoms with Crippen molar-refractivity contribution in [2.45, 2.75) is 62.3 Å². The van der Waals surface area contributed by atoms with Gasteiger partial charge in [-0.15, -0.1) is 11.8 Å². The van der Waals surface area contributed by atoms with Crippen molar-refractivity contribution in [2.75, 3.05) is 18.4 Å². The minimum Gasteiger partial charge on any atom is -0.358 e. The van der Waals surface area contributed by atoms with Crippen molar-refractivity contribution < 1.29 is 9.59 Å². The number of fused-ring (bicyclic) bond motifs is 1. The van der Waals surface area contributed by atoms with E-state index < -0.39 is 0 Å². The quantitative estimate of drug-likeness (QED) is 0.257. The zero-order valence-electron chi connectivity index (χ0n) is 22.0. The molecule has 1 aliphatic carbocycles. The predicted octanol–water partition coefficient (Wildman–Crippen LogP) is 5.77. The third-order valence-corrected chi connectivity index (χ3v) is 8.92. The SMILES string of the molecule is Cc1[nH]c(C=C2C(=O)Nc3ccc(SCc4ccccc4)cc32)c(C)c1C(=O)N1CCC[C@H]1CNC1CC1. The highest BCUT2D eigenvalue weighted by Crippen LogP contribution is 2.37. The van der Waals surface area contributed by atoms with Crippen molar-refractivity contribution in [1.82, 2.24) is 15.2 Å². The Balaban J connectivity index is 1.24. The minimum atomic E-state index is -0.115. The Hall–Kier alpha value is -3.29. The molecule has 0 bridgehead atoms. The molecule has 6 nitrogen and oxygen atoms in total. The normalized spacial score (nSPS) is 19.7. The molecule has 38 heavy (non-hydrogen) atoms. The van der Waals surface area contributed by atoms with E-state index in [-0.39, 0.29) is 17.9 Å². The second-order valence-corrected chi connectivity index (χ2v) is 11.7. The Morgan fingerprint density at radius 2 is 1.95 bits per heavy atom. The molecule has 2 aromatic carbocycles. The molecule has 0 unspecified atom stereocenters. The summed E-state index contributed by atoms with van der Waals surface area (Å²) < 4.78 is 0. The fourth-order valence-electron chi connectivity index (χ4n) is 5.57. The first-order valence-corrected chi connectivity index (χ1v) is 14.5. The Labute approximate surface area is 228 Å². The summed E-state index contributed by atoms with van der Waals surface area (Å²) in [6.45, 7) is 5.61. The fraction of sp³-hybridized carbons (Fsp3) is 0.355. The predicted molar refractivity (Wildman–Crippen MR) is 154 cm³/mol. The van der Waals surface area contributed by atoms with E-state index in [1.54, 1.807) is 11.8 Å². The van der Waals surface area contributed by atoms with Gasteiger partial charge in [0, 0.05) is 58.5 Å². The number of H-pyrrole nitrogens is 1. The first-order valence-electron chi connectivity index (χ1n) is 13.6. The van der Waals surface area contributed by atoms with Crippen LogP contribution in [0.5, 0.6) is 0 Å². The summed E-state index contributed by atoms with van der Waals surface area (Å²) >= 11 is 1.76. The van der Waals surface area contributed by atoms with Crippen LogP contribution in [0.25, 0.3) is 11.6 Å². The van der Waals surface area contributed by atoms with Crippen LogP contribution in [0.3, 0.4) is 0 Å². The summed E-state index contributed by atoms with van der Waals surface area (Å²) in [7, 11) is 0. The molecule has 2 amide bonds. The molecule has 3 N–H and O–H groups in total. The number of carbonyl (C=O) groups excluding carboxylic acids is 2. The van der Waals surface area contributed by atoms with E-state index >= 15 is 0 Å². The number of aromatic amines is 1. The number of likely N-dealkylation sites (tertiary alicyclic amines) is 1. The molecule has 0 spiro atoms. The Morgan fingerprint density at radius 1 is 1.13 bits per heavy atom. The lowest BCUT2D eigenvalue weighted by Gasteiger charge is -2.25. The van der Waals surface area contributed by atoms with E-state index in [9.17, 15) is 9.59 Å². The van der Waals surface area contributed by atoms with Gasteiger partial charge in [0.15, 0.2) is 0 Å². The Morgan fingerprint density at radius 3 is 2.74 bits per heavy atom. The monoisotopic (exact) mass is 526 g/mol. The number of benzene rings is 2. The van der Waals surface area contributed by atoms with Crippen LogP contribution < -0.4 is 10.6 Å². The topological polar surface area (TPSA) is 77.2 Å². The number of nitrogens with one attached hydrogen (secondary N) is 3. The number of carbonyl (C=O) groups is 2. The molecule has 3 heterocycles. The average Bonchev–Trinajstić information content (AvgIpc) is 3.44. The van der Waals surface area contributed by atoms with Crippen LogP contribution in [0.1, 0.15) is 64.1 Å². The first kappa shape index (κ1) is 25.0. The second kappa shape index (κ2) is 10.5. The van der Waals surface area contributed by atoms with E-state index in [0.29, 0.717) is 11.6 Å². The zero-order chi connectivity index (χ0) is 26.2. The molecule has 1 saturated heterocycles. The van der Waals surface area contributed by atoms with Crippen molar-refractivity contribution in [3.63, 3.8) is 0 Å². The number of rotatable bonds is 8. The second-order valence-electron chi connectivity index (χ2n) is 10.6. The standard InChI is InChI=1S/C31H34N4O2S/c1-19-28(33-20(2)29(19)31(37)35-14-6-9-23(35)17-32-22-10-11-22)16-26-25-15-24(12-13-27(25)34-30(26)36)38-18-21-7-4-3-5-8-21/h3-5,7-8,12-13,15-16,22-23,32-33H,6,9-11,14,17-18H2,1-2H3,(H,34,36)/t23-/m0/s1. The third kappa shape index (κ3) is 5.05. The van der Waals surface area contributed by atoms with Crippen LogP contribution >= 0.6 is 11.8 Å². The molecular weight excluding hydrogens is 492 g/mol. The molecule has 1 saturated carbocycles. The van der Waals surface area contributed by atoms with Gasteiger partial charge in [-0.05, 0) is 74.9 Å². The van der Waals surface area contributed by atoms with E-state index in [0.717, 1.165) is 70.3 Å². The van der Waals surface area contributed by atoms with Gasteiger partial charge in [0.25, 0.3) is 11.8 Å². The molecule has 3 aromatic rings. The van der Waals surface area contributed by atoms with E-state index in [4.69, 9.17) is 0 Å². The van der Waals surface area contributed by atoms with Crippen molar-refractivity contribution in [3.8, 4) is 0 Å². The van der Waals surface area contributed by atoms with Gasteiger partial charge < -0.3 is 20.5 Å². The molecule has 3 aliphatic rings. The van der Waals surface area contributed by atoms with Gasteiger partial charge >= 0.3 is 0 Å². The van der Waals surface area contributed by atoms with Crippen LogP contribution in [0.15, 0.2) is 53.4 Å². The van der Waals surface area contributed by atoms with Crippen LogP contribution in [0, 0.1) is 13.8 Å². The summed E-state index contributed by atoms with van der Waals surface area (Å²) in [4.78, 5) is 33.2. The number of nitrogens with zero attached hydrogens (tertiary/aromatic N) is 1. The fourth-order valence-corrected chi connectivity index (χ4v) is 6.47. The molecule has 0 radical (unpaired) electrons. The molecule has 196 valence electrons. The Bertz CT molecular complexity index is 1410.